The van der Waals surface area contributed by atoms with E-state index < -0.39 is 0 Å². The Kier molecular flexibility index (Phi) is 3.00. The number of rotatable bonds is 2. The Morgan fingerprint density at radius 1 is 0.880 bits per heavy atom. The van der Waals surface area contributed by atoms with Crippen LogP contribution < -0.4 is 0 Å². The molecule has 5 nitrogen and oxygen atoms in total. The van der Waals surface area contributed by atoms with Gasteiger partial charge in [-0.15, -0.1) is 0 Å². The molecule has 1 aliphatic carbocycles. The number of nitrogens with zero attached hydrogens (tertiary/aromatic N) is 2. The number of aromatic nitrogens is 2. The van der Waals surface area contributed by atoms with Crippen molar-refractivity contribution in [1.82, 2.24) is 10.3 Å². The topological polar surface area (TPSA) is 72.3 Å². The number of hydrogen-bond donors (Lipinski definition) is 1. The van der Waals surface area contributed by atoms with Crippen LogP contribution in [0.4, 0.5) is 0 Å². The van der Waals surface area contributed by atoms with Crippen molar-refractivity contribution in [2.75, 3.05) is 0 Å². The molecule has 0 spiro atoms. The van der Waals surface area contributed by atoms with E-state index in [1.165, 1.54) is 0 Å². The molecule has 0 saturated carbocycles. The van der Waals surface area contributed by atoms with Gasteiger partial charge >= 0.3 is 0 Å². The van der Waals surface area contributed by atoms with Gasteiger partial charge in [0.05, 0.1) is 0 Å². The molecule has 0 saturated heterocycles. The minimum Gasteiger partial charge on any atom is -0.508 e. The third-order valence-corrected chi connectivity index (χ3v) is 4.58. The molecule has 0 fully saturated rings. The largest absolute Gasteiger partial charge is 0.508 e. The molecule has 0 atom stereocenters. The maximum Gasteiger partial charge on any atom is 0.192 e. The molecule has 0 amide bonds. The lowest BCUT2D eigenvalue weighted by molar-refractivity contribution is 0.413. The molecule has 2 aromatic heterocycles. The molecule has 2 heterocycles. The third kappa shape index (κ3) is 2.24. The Balaban J connectivity index is 1.58. The minimum atomic E-state index is 0.273. The maximum absolute atomic E-state index is 9.66. The van der Waals surface area contributed by atoms with E-state index in [1.54, 1.807) is 12.1 Å². The van der Waals surface area contributed by atoms with E-state index in [9.17, 15) is 5.11 Å². The van der Waals surface area contributed by atoms with E-state index in [0.29, 0.717) is 17.2 Å². The number of phenolic OH excluding ortho intramolecular Hbond substituents is 1. The van der Waals surface area contributed by atoms with Gasteiger partial charge in [-0.05, 0) is 36.6 Å². The first-order valence-electron chi connectivity index (χ1n) is 8.13. The Morgan fingerprint density at radius 2 is 1.76 bits per heavy atom. The minimum absolute atomic E-state index is 0.273. The Labute approximate surface area is 143 Å². The zero-order valence-corrected chi connectivity index (χ0v) is 13.3. The summed E-state index contributed by atoms with van der Waals surface area (Å²) in [5.74, 6) is 1.62. The molecular formula is C20H14N2O3. The molecule has 0 radical (unpaired) electrons. The van der Waals surface area contributed by atoms with Gasteiger partial charge in [-0.25, -0.2) is 0 Å². The first kappa shape index (κ1) is 14.0. The molecule has 5 rings (SSSR count). The highest BCUT2D eigenvalue weighted by Crippen LogP contribution is 2.39. The Hall–Kier alpha value is -3.34. The molecule has 1 N–H and O–H groups in total. The van der Waals surface area contributed by atoms with Gasteiger partial charge in [0.2, 0.25) is 0 Å². The molecule has 1 aliphatic rings. The van der Waals surface area contributed by atoms with E-state index in [4.69, 9.17) is 9.05 Å². The molecule has 25 heavy (non-hydrogen) atoms. The molecule has 2 aromatic carbocycles. The highest BCUT2D eigenvalue weighted by molar-refractivity contribution is 5.76. The smallest absolute Gasteiger partial charge is 0.192 e. The van der Waals surface area contributed by atoms with Gasteiger partial charge in [-0.3, -0.25) is 0 Å². The fourth-order valence-electron chi connectivity index (χ4n) is 3.35. The van der Waals surface area contributed by atoms with Crippen LogP contribution >= 0.6 is 0 Å². The summed E-state index contributed by atoms with van der Waals surface area (Å²) in [7, 11) is 0. The highest BCUT2D eigenvalue weighted by atomic mass is 16.5. The first-order valence-corrected chi connectivity index (χ1v) is 8.13. The number of fused-ring (bicyclic) bond motifs is 3. The number of hydrogen-bond acceptors (Lipinski definition) is 5. The summed E-state index contributed by atoms with van der Waals surface area (Å²) in [4.78, 5) is 0. The Morgan fingerprint density at radius 3 is 2.64 bits per heavy atom. The van der Waals surface area contributed by atoms with Gasteiger partial charge in [0.15, 0.2) is 17.2 Å². The lowest BCUT2D eigenvalue weighted by atomic mass is 9.88. The van der Waals surface area contributed by atoms with Crippen molar-refractivity contribution in [2.45, 2.75) is 12.8 Å². The van der Waals surface area contributed by atoms with Gasteiger partial charge in [-0.1, -0.05) is 40.6 Å². The second-order valence-corrected chi connectivity index (χ2v) is 6.12. The third-order valence-electron chi connectivity index (χ3n) is 4.58. The molecule has 0 bridgehead atoms. The molecule has 0 unspecified atom stereocenters. The van der Waals surface area contributed by atoms with Crippen LogP contribution in [0.5, 0.6) is 5.75 Å². The Bertz CT molecular complexity index is 1060. The fourth-order valence-corrected chi connectivity index (χ4v) is 3.35. The van der Waals surface area contributed by atoms with E-state index in [0.717, 1.165) is 40.8 Å². The number of aryl methyl sites for hydroxylation is 1. The predicted octanol–water partition coefficient (Wildman–Crippen LogP) is 4.47. The van der Waals surface area contributed by atoms with E-state index in [1.807, 2.05) is 42.5 Å². The summed E-state index contributed by atoms with van der Waals surface area (Å²) >= 11 is 0. The number of aromatic hydroxyl groups is 1. The zero-order valence-electron chi connectivity index (χ0n) is 13.3. The molecule has 5 heteroatoms. The predicted molar refractivity (Wildman–Crippen MR) is 91.9 cm³/mol. The lowest BCUT2D eigenvalue weighted by Gasteiger charge is -2.14. The van der Waals surface area contributed by atoms with Crippen molar-refractivity contribution in [1.29, 1.82) is 0 Å². The standard InChI is InChI=1S/C20H14N2O3/c23-14-7-9-15-13(10-14)6-8-16-19(15)22-25-20(16)17-11-18(24-21-17)12-4-2-1-3-5-12/h1-5,7,9-11,23H,6,8H2. The van der Waals surface area contributed by atoms with Crippen LogP contribution in [0.3, 0.4) is 0 Å². The van der Waals surface area contributed by atoms with Crippen molar-refractivity contribution in [3.8, 4) is 39.8 Å². The summed E-state index contributed by atoms with van der Waals surface area (Å²) in [5.41, 5.74) is 5.55. The monoisotopic (exact) mass is 330 g/mol. The normalized spacial score (nSPS) is 12.6. The second-order valence-electron chi connectivity index (χ2n) is 6.12. The quantitative estimate of drug-likeness (QED) is 0.587. The summed E-state index contributed by atoms with van der Waals surface area (Å²) in [5, 5.41) is 18.1. The van der Waals surface area contributed by atoms with Gasteiger partial charge in [0, 0.05) is 22.8 Å². The first-order chi connectivity index (χ1) is 12.3. The molecular weight excluding hydrogens is 316 g/mol. The van der Waals surface area contributed by atoms with Crippen molar-refractivity contribution in [3.05, 3.63) is 65.7 Å². The fraction of sp³-hybridized carbons (Fsp3) is 0.100. The van der Waals surface area contributed by atoms with Gasteiger partial charge in [0.1, 0.15) is 11.4 Å². The molecule has 122 valence electrons. The van der Waals surface area contributed by atoms with Crippen LogP contribution in [0.25, 0.3) is 34.0 Å². The van der Waals surface area contributed by atoms with E-state index >= 15 is 0 Å². The highest BCUT2D eigenvalue weighted by Gasteiger charge is 2.26. The maximum atomic E-state index is 9.66. The van der Waals surface area contributed by atoms with E-state index in [2.05, 4.69) is 10.3 Å². The van der Waals surface area contributed by atoms with Crippen LogP contribution in [-0.4, -0.2) is 15.4 Å². The van der Waals surface area contributed by atoms with Gasteiger partial charge in [-0.2, -0.15) is 0 Å². The summed E-state index contributed by atoms with van der Waals surface area (Å²) in [6, 6.07) is 17.0. The van der Waals surface area contributed by atoms with Crippen LogP contribution in [-0.2, 0) is 12.8 Å². The molecule has 4 aromatic rings. The average molecular weight is 330 g/mol. The van der Waals surface area contributed by atoms with Crippen LogP contribution in [0.15, 0.2) is 63.6 Å². The van der Waals surface area contributed by atoms with Crippen LogP contribution in [0.1, 0.15) is 11.1 Å². The average Bonchev–Trinajstić information content (AvgIpc) is 3.29. The summed E-state index contributed by atoms with van der Waals surface area (Å²) in [6.45, 7) is 0. The van der Waals surface area contributed by atoms with Gasteiger partial charge < -0.3 is 14.2 Å². The lowest BCUT2D eigenvalue weighted by Crippen LogP contribution is -2.03. The van der Waals surface area contributed by atoms with E-state index in [-0.39, 0.29) is 5.75 Å². The van der Waals surface area contributed by atoms with Crippen molar-refractivity contribution < 1.29 is 14.2 Å². The van der Waals surface area contributed by atoms with Crippen LogP contribution in [0, 0.1) is 0 Å². The SMILES string of the molecule is Oc1ccc2c(c1)CCc1c-2noc1-c1cc(-c2ccccc2)on1. The van der Waals surface area contributed by atoms with Crippen molar-refractivity contribution in [3.63, 3.8) is 0 Å². The van der Waals surface area contributed by atoms with Crippen LogP contribution in [0.2, 0.25) is 0 Å². The van der Waals surface area contributed by atoms with Crippen molar-refractivity contribution in [2.24, 2.45) is 0 Å². The number of phenols is 1. The van der Waals surface area contributed by atoms with Gasteiger partial charge in [0.25, 0.3) is 0 Å². The zero-order chi connectivity index (χ0) is 16.8. The second kappa shape index (κ2) is 5.34. The summed E-state index contributed by atoms with van der Waals surface area (Å²) < 4.78 is 11.1. The number of benzene rings is 2. The molecule has 0 aliphatic heterocycles. The summed E-state index contributed by atoms with van der Waals surface area (Å²) in [6.07, 6.45) is 1.62. The van der Waals surface area contributed by atoms with Crippen molar-refractivity contribution >= 4 is 0 Å².